The molecule has 0 unspecified atom stereocenters. The Labute approximate surface area is 164 Å². The first kappa shape index (κ1) is 18.1. The molecule has 4 heteroatoms. The lowest BCUT2D eigenvalue weighted by Gasteiger charge is -2.12. The molecular formula is C24H24N2O2. The summed E-state index contributed by atoms with van der Waals surface area (Å²) >= 11 is 0. The van der Waals surface area contributed by atoms with Crippen LogP contribution in [0.5, 0.6) is 0 Å². The predicted molar refractivity (Wildman–Crippen MR) is 111 cm³/mol. The summed E-state index contributed by atoms with van der Waals surface area (Å²) in [7, 11) is 0. The van der Waals surface area contributed by atoms with Crippen molar-refractivity contribution in [2.24, 2.45) is 0 Å². The van der Waals surface area contributed by atoms with Gasteiger partial charge in [0.25, 0.3) is 5.91 Å². The molecular weight excluding hydrogens is 348 g/mol. The standard InChI is InChI=1S/C24H24N2O2/c1-18(25-24(27)23-12-7-15-28-23)13-14-20-17-26(16-19-8-3-2-4-9-19)22-11-6-5-10-21(20)22/h2-12,15,17-18H,13-14,16H2,1H3,(H,25,27)/t18-/m0/s1. The number of aromatic nitrogens is 1. The second-order valence-corrected chi connectivity index (χ2v) is 7.18. The molecule has 2 aromatic heterocycles. The van der Waals surface area contributed by atoms with Gasteiger partial charge in [-0.1, -0.05) is 48.5 Å². The minimum absolute atomic E-state index is 0.0637. The van der Waals surface area contributed by atoms with Crippen LogP contribution in [-0.2, 0) is 13.0 Å². The molecule has 0 radical (unpaired) electrons. The summed E-state index contributed by atoms with van der Waals surface area (Å²) in [6.45, 7) is 2.89. The molecule has 4 aromatic rings. The van der Waals surface area contributed by atoms with Crippen molar-refractivity contribution < 1.29 is 9.21 Å². The number of aryl methyl sites for hydroxylation is 1. The Balaban J connectivity index is 1.47. The average molecular weight is 372 g/mol. The quantitative estimate of drug-likeness (QED) is 0.494. The predicted octanol–water partition coefficient (Wildman–Crippen LogP) is 5.03. The molecule has 28 heavy (non-hydrogen) atoms. The minimum atomic E-state index is -0.163. The third kappa shape index (κ3) is 4.01. The van der Waals surface area contributed by atoms with E-state index < -0.39 is 0 Å². The maximum absolute atomic E-state index is 12.1. The van der Waals surface area contributed by atoms with Gasteiger partial charge in [-0.15, -0.1) is 0 Å². The lowest BCUT2D eigenvalue weighted by molar-refractivity contribution is 0.0910. The molecule has 0 bridgehead atoms. The molecule has 4 rings (SSSR count). The Kier molecular flexibility index (Phi) is 5.29. The molecule has 1 N–H and O–H groups in total. The van der Waals surface area contributed by atoms with Gasteiger partial charge in [-0.3, -0.25) is 4.79 Å². The SMILES string of the molecule is C[C@@H](CCc1cn(Cc2ccccc2)c2ccccc12)NC(=O)c1ccco1. The smallest absolute Gasteiger partial charge is 0.287 e. The monoisotopic (exact) mass is 372 g/mol. The maximum Gasteiger partial charge on any atom is 0.287 e. The summed E-state index contributed by atoms with van der Waals surface area (Å²) in [5.74, 6) is 0.190. The highest BCUT2D eigenvalue weighted by atomic mass is 16.3. The number of amides is 1. The van der Waals surface area contributed by atoms with Crippen LogP contribution >= 0.6 is 0 Å². The van der Waals surface area contributed by atoms with Crippen molar-refractivity contribution in [3.63, 3.8) is 0 Å². The number of furan rings is 1. The van der Waals surface area contributed by atoms with E-state index in [2.05, 4.69) is 64.6 Å². The zero-order valence-electron chi connectivity index (χ0n) is 16.0. The van der Waals surface area contributed by atoms with E-state index in [1.54, 1.807) is 12.1 Å². The first-order chi connectivity index (χ1) is 13.7. The van der Waals surface area contributed by atoms with Gasteiger partial charge >= 0.3 is 0 Å². The molecule has 0 aliphatic rings. The van der Waals surface area contributed by atoms with E-state index in [1.807, 2.05) is 13.0 Å². The van der Waals surface area contributed by atoms with Gasteiger partial charge in [-0.25, -0.2) is 0 Å². The third-order valence-corrected chi connectivity index (χ3v) is 5.04. The summed E-state index contributed by atoms with van der Waals surface area (Å²) in [5, 5.41) is 4.29. The van der Waals surface area contributed by atoms with Crippen molar-refractivity contribution in [2.45, 2.75) is 32.4 Å². The van der Waals surface area contributed by atoms with Gasteiger partial charge in [0.15, 0.2) is 5.76 Å². The molecule has 142 valence electrons. The van der Waals surface area contributed by atoms with Gasteiger partial charge in [-0.2, -0.15) is 0 Å². The molecule has 4 nitrogen and oxygen atoms in total. The topological polar surface area (TPSA) is 47.2 Å². The third-order valence-electron chi connectivity index (χ3n) is 5.04. The summed E-state index contributed by atoms with van der Waals surface area (Å²) in [6.07, 6.45) is 5.54. The molecule has 0 saturated carbocycles. The first-order valence-electron chi connectivity index (χ1n) is 9.66. The molecule has 0 fully saturated rings. The summed E-state index contributed by atoms with van der Waals surface area (Å²) in [4.78, 5) is 12.1. The molecule has 0 aliphatic heterocycles. The summed E-state index contributed by atoms with van der Waals surface area (Å²) in [5.41, 5.74) is 3.84. The van der Waals surface area contributed by atoms with Crippen molar-refractivity contribution in [1.82, 2.24) is 9.88 Å². The van der Waals surface area contributed by atoms with Gasteiger partial charge < -0.3 is 14.3 Å². The van der Waals surface area contributed by atoms with Crippen LogP contribution in [0.1, 0.15) is 35.0 Å². The summed E-state index contributed by atoms with van der Waals surface area (Å²) < 4.78 is 7.47. The van der Waals surface area contributed by atoms with E-state index >= 15 is 0 Å². The zero-order chi connectivity index (χ0) is 19.3. The van der Waals surface area contributed by atoms with Crippen LogP contribution in [0.25, 0.3) is 10.9 Å². The number of para-hydroxylation sites is 1. The van der Waals surface area contributed by atoms with Crippen LogP contribution in [0.2, 0.25) is 0 Å². The Morgan fingerprint density at radius 1 is 1.04 bits per heavy atom. The van der Waals surface area contributed by atoms with Crippen LogP contribution in [0.4, 0.5) is 0 Å². The van der Waals surface area contributed by atoms with Gasteiger partial charge in [0.05, 0.1) is 6.26 Å². The molecule has 1 atom stereocenters. The molecule has 1 amide bonds. The van der Waals surface area contributed by atoms with E-state index in [0.29, 0.717) is 5.76 Å². The fourth-order valence-electron chi connectivity index (χ4n) is 3.58. The largest absolute Gasteiger partial charge is 0.459 e. The van der Waals surface area contributed by atoms with Crippen molar-refractivity contribution in [3.05, 3.63) is 96.1 Å². The second kappa shape index (κ2) is 8.17. The van der Waals surface area contributed by atoms with Crippen LogP contribution in [0.15, 0.2) is 83.6 Å². The van der Waals surface area contributed by atoms with Crippen molar-refractivity contribution in [3.8, 4) is 0 Å². The van der Waals surface area contributed by atoms with Gasteiger partial charge in [-0.05, 0) is 49.1 Å². The second-order valence-electron chi connectivity index (χ2n) is 7.18. The lowest BCUT2D eigenvalue weighted by Crippen LogP contribution is -2.32. The van der Waals surface area contributed by atoms with E-state index in [4.69, 9.17) is 4.42 Å². The number of nitrogens with one attached hydrogen (secondary N) is 1. The number of nitrogens with zero attached hydrogens (tertiary/aromatic N) is 1. The Morgan fingerprint density at radius 2 is 1.82 bits per heavy atom. The number of hydrogen-bond acceptors (Lipinski definition) is 2. The number of carbonyl (C=O) groups excluding carboxylic acids is 1. The molecule has 0 aliphatic carbocycles. The molecule has 0 saturated heterocycles. The maximum atomic E-state index is 12.1. The highest BCUT2D eigenvalue weighted by Gasteiger charge is 2.14. The Morgan fingerprint density at radius 3 is 2.61 bits per heavy atom. The van der Waals surface area contributed by atoms with Crippen LogP contribution in [-0.4, -0.2) is 16.5 Å². The highest BCUT2D eigenvalue weighted by molar-refractivity contribution is 5.91. The molecule has 2 aromatic carbocycles. The normalized spacial score (nSPS) is 12.2. The van der Waals surface area contributed by atoms with Crippen molar-refractivity contribution >= 4 is 16.8 Å². The van der Waals surface area contributed by atoms with Gasteiger partial charge in [0, 0.05) is 29.7 Å². The van der Waals surface area contributed by atoms with Crippen molar-refractivity contribution in [2.75, 3.05) is 0 Å². The van der Waals surface area contributed by atoms with Gasteiger partial charge in [0.1, 0.15) is 0 Å². The van der Waals surface area contributed by atoms with Crippen molar-refractivity contribution in [1.29, 1.82) is 0 Å². The minimum Gasteiger partial charge on any atom is -0.459 e. The summed E-state index contributed by atoms with van der Waals surface area (Å²) in [6, 6.07) is 22.5. The number of carbonyl (C=O) groups is 1. The number of rotatable bonds is 7. The number of benzene rings is 2. The molecule has 0 spiro atoms. The van der Waals surface area contributed by atoms with E-state index in [0.717, 1.165) is 19.4 Å². The highest BCUT2D eigenvalue weighted by Crippen LogP contribution is 2.24. The fourth-order valence-corrected chi connectivity index (χ4v) is 3.58. The Hall–Kier alpha value is -3.27. The van der Waals surface area contributed by atoms with E-state index in [9.17, 15) is 4.79 Å². The lowest BCUT2D eigenvalue weighted by atomic mass is 10.1. The van der Waals surface area contributed by atoms with Gasteiger partial charge in [0.2, 0.25) is 0 Å². The fraction of sp³-hybridized carbons (Fsp3) is 0.208. The van der Waals surface area contributed by atoms with Crippen LogP contribution in [0.3, 0.4) is 0 Å². The van der Waals surface area contributed by atoms with E-state index in [-0.39, 0.29) is 11.9 Å². The Bertz CT molecular complexity index is 1050. The first-order valence-corrected chi connectivity index (χ1v) is 9.66. The number of hydrogen-bond donors (Lipinski definition) is 1. The van der Waals surface area contributed by atoms with Crippen LogP contribution < -0.4 is 5.32 Å². The van der Waals surface area contributed by atoms with E-state index in [1.165, 1.54) is 28.3 Å². The average Bonchev–Trinajstić information content (AvgIpc) is 3.36. The molecule has 2 heterocycles. The zero-order valence-corrected chi connectivity index (χ0v) is 16.0. The number of fused-ring (bicyclic) bond motifs is 1. The van der Waals surface area contributed by atoms with Crippen LogP contribution in [0, 0.1) is 0 Å².